The number of carbonyl (C=O) groups excluding carboxylic acids is 7. The number of rotatable bonds is 36. The number of aliphatic hydroxyl groups is 1. The highest BCUT2D eigenvalue weighted by atomic mass is 32.7. The van der Waals surface area contributed by atoms with Gasteiger partial charge in [-0.05, 0) is 96.6 Å². The Hall–Kier alpha value is -10.6. The number of halogens is 2. The molecule has 3 fully saturated rings. The summed E-state index contributed by atoms with van der Waals surface area (Å²) >= 11 is 0.646. The molecule has 9 heterocycles. The number of aromatic nitrogens is 10. The number of nitrogens with one attached hydrogen (secondary N) is 6. The zero-order valence-electron chi connectivity index (χ0n) is 66.9. The van der Waals surface area contributed by atoms with Crippen LogP contribution in [-0.2, 0) is 109 Å². The van der Waals surface area contributed by atoms with Crippen LogP contribution < -0.4 is 48.3 Å². The number of fused-ring (bicyclic) bond motifs is 9. The molecule has 3 saturated heterocycles. The summed E-state index contributed by atoms with van der Waals surface area (Å²) in [4.78, 5) is 123. The van der Waals surface area contributed by atoms with E-state index < -0.39 is 108 Å². The Balaban J connectivity index is 0.524. The minimum Gasteiger partial charge on any atom is -0.445 e. The molecule has 4 aliphatic rings. The Morgan fingerprint density at radius 2 is 1.27 bits per heavy atom. The molecule has 0 spiro atoms. The van der Waals surface area contributed by atoms with Gasteiger partial charge in [-0.1, -0.05) is 78.4 Å². The van der Waals surface area contributed by atoms with Crippen molar-refractivity contribution in [2.75, 3.05) is 92.9 Å². The molecule has 12 N–H and O–H groups in total. The molecule has 40 nitrogen and oxygen atoms in total. The van der Waals surface area contributed by atoms with E-state index in [0.717, 1.165) is 29.8 Å². The average molecular weight is 1790 g/mol. The zero-order valence-corrected chi connectivity index (χ0v) is 70.4. The van der Waals surface area contributed by atoms with Gasteiger partial charge in [0.15, 0.2) is 41.9 Å². The lowest BCUT2D eigenvalue weighted by Gasteiger charge is -2.30. The maximum absolute atomic E-state index is 17.1. The first-order chi connectivity index (χ1) is 59.6. The third-order valence-electron chi connectivity index (χ3n) is 20.1. The molecule has 0 saturated carbocycles. The highest BCUT2D eigenvalue weighted by Crippen LogP contribution is 2.65. The molecule has 4 aromatic carbocycles. The fraction of sp³-hybridized carbons (Fsp3) is 0.429. The van der Waals surface area contributed by atoms with Gasteiger partial charge in [0.05, 0.1) is 75.8 Å². The van der Waals surface area contributed by atoms with Crippen molar-refractivity contribution in [2.45, 2.75) is 145 Å². The first-order valence-corrected chi connectivity index (χ1v) is 46.4. The van der Waals surface area contributed by atoms with Crippen LogP contribution in [0.3, 0.4) is 0 Å². The standard InChI is InChI=1S/C77H91BF2N19O21P3S/c1-121(108,109)114-39-51(100)38-112-33-11-29-85-77(107)113-37-46-19-23-49(24-20-46)92-61(104)35-87-60(103)18-9-8-17-58(101)83-31-28-63(106)96-36-48-12-4-5-13-52(48)69-66(53-14-6-7-15-55(53)96)94-95-99(69)32-10-2-3-16-59(102)86-34-62(105)93-50-25-21-47(22-26-50)42-124-123(111)116-41-57-70(64(79)75(118-57)98-45-91-68-72(82)88-43-89-74(68)98)119-122(78,110)115-40-56-71(120-123)65(80)76(117-56)97-44-90-67-54(81)27-30-84-73(67)97/h4-7,12-15,19-27,30,43-45,51,56-57,64-65,70-71,75-76,100H,2-3,8-11,16-18,28-29,31-42H2,1H3,(H2,81,84)(H,83,101)(H,85,107)(H,86,102)(H,87,103)(H,92,104)(H,93,105)(H,108,109)(H2,82,88,89)/t51?,56-,57-,64-,65-,70-,71-,75-,76-,122-,123-/m1/s1. The van der Waals surface area contributed by atoms with Gasteiger partial charge in [-0.15, -0.1) is 5.10 Å². The quantitative estimate of drug-likeness (QED) is 0.0102. The number of para-hydroxylation sites is 1. The smallest absolute Gasteiger partial charge is 0.407 e. The summed E-state index contributed by atoms with van der Waals surface area (Å²) in [5, 5.41) is 35.1. The van der Waals surface area contributed by atoms with E-state index in [1.807, 2.05) is 53.2 Å². The van der Waals surface area contributed by atoms with E-state index in [2.05, 4.69) is 71.7 Å². The highest BCUT2D eigenvalue weighted by Gasteiger charge is 2.55. The molecule has 658 valence electrons. The topological polar surface area (TPSA) is 527 Å². The number of nitrogens with two attached hydrogens (primary N) is 2. The number of nitrogens with zero attached hydrogens (tertiary/aromatic N) is 11. The maximum atomic E-state index is 17.1. The molecular weight excluding hydrogens is 1700 g/mol. The number of nitrogen functional groups attached to an aromatic ring is 2. The van der Waals surface area contributed by atoms with E-state index in [9.17, 15) is 47.8 Å². The lowest BCUT2D eigenvalue weighted by Crippen LogP contribution is -2.37. The first-order valence-electron chi connectivity index (χ1n) is 39.6. The average Bonchev–Trinajstić information content (AvgIpc) is 1.48. The number of benzene rings is 4. The molecule has 12 atom stereocenters. The number of hydrogen-bond acceptors (Lipinski definition) is 30. The van der Waals surface area contributed by atoms with Gasteiger partial charge in [-0.25, -0.2) is 47.7 Å². The van der Waals surface area contributed by atoms with E-state index in [-0.39, 0.29) is 148 Å². The van der Waals surface area contributed by atoms with Crippen LogP contribution in [0.2, 0.25) is 0 Å². The van der Waals surface area contributed by atoms with Crippen molar-refractivity contribution in [3.63, 3.8) is 0 Å². The molecule has 0 bridgehead atoms. The van der Waals surface area contributed by atoms with Crippen LogP contribution in [0, 0.1) is 0 Å². The van der Waals surface area contributed by atoms with Crippen molar-refractivity contribution in [2.24, 2.45) is 0 Å². The van der Waals surface area contributed by atoms with Gasteiger partial charge in [0.2, 0.25) is 43.0 Å². The lowest BCUT2D eigenvalue weighted by molar-refractivity contribution is -0.124. The van der Waals surface area contributed by atoms with Crippen molar-refractivity contribution in [3.05, 3.63) is 145 Å². The fourth-order valence-electron chi connectivity index (χ4n) is 13.9. The molecule has 0 aliphatic carbocycles. The van der Waals surface area contributed by atoms with Crippen LogP contribution >= 0.6 is 33.2 Å². The van der Waals surface area contributed by atoms with Gasteiger partial charge >= 0.3 is 20.5 Å². The SMILES string of the molecule is [B][P@@]1(=O)OC[C@H]2O[C@@H](n3cnc4c(N)ccnc43)[C@H](F)[C@@H]2O[P@](=O)(SCc2ccc(NC(=O)CNC(=O)CCCCCn3nnc4c3-c3ccccc3CN(C(=O)CCNC(=O)CCCCC(=O)NCC(=O)Nc3ccc(COC(=O)NCCCOCC(O)COP(C)(=O)O)cc3)c3ccccc3-4)cc2)OC[C@H]2O[C@@H](n3cnc4c(N)ncnc43)[C@H](F)[C@@H]2O1. The second-order valence-corrected chi connectivity index (χ2v) is 36.8. The Morgan fingerprint density at radius 3 is 1.95 bits per heavy atom. The summed E-state index contributed by atoms with van der Waals surface area (Å²) in [6.45, 7) is -5.19. The second kappa shape index (κ2) is 42.0. The summed E-state index contributed by atoms with van der Waals surface area (Å²) in [5.74, 6) is -2.37. The van der Waals surface area contributed by atoms with E-state index in [1.165, 1.54) is 34.1 Å². The predicted molar refractivity (Wildman–Crippen MR) is 447 cm³/mol. The minimum absolute atomic E-state index is 0.00551. The summed E-state index contributed by atoms with van der Waals surface area (Å²) in [6, 6.07) is 29.5. The monoisotopic (exact) mass is 1790 g/mol. The van der Waals surface area contributed by atoms with Crippen molar-refractivity contribution < 1.29 is 108 Å². The van der Waals surface area contributed by atoms with Gasteiger partial charge in [0, 0.05) is 93.0 Å². The number of carbonyl (C=O) groups is 7. The third-order valence-corrected chi connectivity index (χ3v) is 25.4. The molecule has 2 radical (unpaired) electrons. The van der Waals surface area contributed by atoms with E-state index in [1.54, 1.807) is 53.4 Å². The molecular formula is C77H91BF2N19O21P3S. The molecule has 9 aromatic rings. The molecule has 5 aromatic heterocycles. The lowest BCUT2D eigenvalue weighted by atomic mass is 9.95. The molecule has 7 amide bonds. The number of anilines is 5. The maximum Gasteiger partial charge on any atom is 0.407 e. The summed E-state index contributed by atoms with van der Waals surface area (Å²) in [6.07, 6.45) is -7.66. The molecule has 124 heavy (non-hydrogen) atoms. The van der Waals surface area contributed by atoms with E-state index >= 15 is 13.3 Å². The number of unbranched alkanes of at least 4 members (excludes halogenated alkanes) is 3. The number of aryl methyl sites for hydroxylation is 1. The molecule has 13 rings (SSSR count). The van der Waals surface area contributed by atoms with Crippen molar-refractivity contribution in [3.8, 4) is 22.5 Å². The summed E-state index contributed by atoms with van der Waals surface area (Å²) in [7, 11) is -2.39. The van der Waals surface area contributed by atoms with Crippen molar-refractivity contribution in [1.82, 2.24) is 70.3 Å². The largest absolute Gasteiger partial charge is 0.445 e. The number of pyridine rings is 1. The Labute approximate surface area is 713 Å². The van der Waals surface area contributed by atoms with E-state index in [0.29, 0.717) is 95.9 Å². The Bertz CT molecular complexity index is 5450. The van der Waals surface area contributed by atoms with Gasteiger partial charge in [0.1, 0.15) is 60.2 Å². The van der Waals surface area contributed by atoms with Crippen molar-refractivity contribution in [1.29, 1.82) is 0 Å². The van der Waals surface area contributed by atoms with Crippen LogP contribution in [0.25, 0.3) is 44.8 Å². The summed E-state index contributed by atoms with van der Waals surface area (Å²) in [5.41, 5.74) is 19.2. The zero-order chi connectivity index (χ0) is 87.7. The predicted octanol–water partition coefficient (Wildman–Crippen LogP) is 7.78. The van der Waals surface area contributed by atoms with Crippen LogP contribution in [0.4, 0.5) is 42.1 Å². The van der Waals surface area contributed by atoms with Gasteiger partial charge in [-0.2, -0.15) is 0 Å². The number of ether oxygens (including phenoxy) is 4. The van der Waals surface area contributed by atoms with Crippen LogP contribution in [0.5, 0.6) is 0 Å². The number of hydrogen-bond donors (Lipinski definition) is 10. The normalized spacial score (nSPS) is 21.9. The van der Waals surface area contributed by atoms with E-state index in [4.69, 9.17) is 61.0 Å². The Morgan fingerprint density at radius 1 is 0.669 bits per heavy atom. The molecule has 47 heteroatoms. The number of aliphatic hydroxyl groups excluding tert-OH is 1. The molecule has 2 unspecified atom stereocenters. The number of alkyl halides is 2. The summed E-state index contributed by atoms with van der Waals surface area (Å²) < 4.78 is 129. The van der Waals surface area contributed by atoms with Crippen molar-refractivity contribution >= 4 is 133 Å². The van der Waals surface area contributed by atoms with Crippen LogP contribution in [0.15, 0.2) is 128 Å². The highest BCUT2D eigenvalue weighted by molar-refractivity contribution is 8.54. The van der Waals surface area contributed by atoms with Crippen LogP contribution in [-0.4, -0.2) is 217 Å². The number of imidazole rings is 2. The van der Waals surface area contributed by atoms with Gasteiger partial charge in [-0.3, -0.25) is 56.1 Å². The van der Waals surface area contributed by atoms with Gasteiger partial charge in [0.25, 0.3) is 7.47 Å². The minimum atomic E-state index is -4.76. The van der Waals surface area contributed by atoms with Gasteiger partial charge < -0.3 is 90.8 Å². The second-order valence-electron chi connectivity index (χ2n) is 29.3. The number of amides is 7. The fourth-order valence-corrected chi connectivity index (χ4v) is 18.7. The Kier molecular flexibility index (Phi) is 30.8. The third kappa shape index (κ3) is 24.1. The molecule has 4 aliphatic heterocycles. The number of alkyl carbamates (subject to hydrolysis) is 1. The van der Waals surface area contributed by atoms with Crippen LogP contribution in [0.1, 0.15) is 93.4 Å². The first kappa shape index (κ1) is 91.2.